The average Bonchev–Trinajstić information content (AvgIpc) is 2.43. The van der Waals surface area contributed by atoms with Crippen molar-refractivity contribution in [2.45, 2.75) is 0 Å². The molecule has 0 aromatic carbocycles. The van der Waals surface area contributed by atoms with E-state index in [2.05, 4.69) is 9.97 Å². The lowest BCUT2D eigenvalue weighted by molar-refractivity contribution is 0.112. The van der Waals surface area contributed by atoms with Crippen molar-refractivity contribution in [3.63, 3.8) is 0 Å². The fraction of sp³-hybridized carbons (Fsp3) is 0.125. The second kappa shape index (κ2) is 2.55. The minimum absolute atomic E-state index is 0.214. The van der Waals surface area contributed by atoms with E-state index in [1.54, 1.807) is 17.0 Å². The summed E-state index contributed by atoms with van der Waals surface area (Å²) in [6.07, 6.45) is 4.04. The predicted octanol–water partition coefficient (Wildman–Crippen LogP) is 0.363. The van der Waals surface area contributed by atoms with Gasteiger partial charge in [-0.05, 0) is 0 Å². The zero-order valence-electron chi connectivity index (χ0n) is 7.06. The zero-order chi connectivity index (χ0) is 9.42. The van der Waals surface area contributed by atoms with Crippen molar-refractivity contribution < 1.29 is 4.79 Å². The molecular formula is C8H8N4O. The van der Waals surface area contributed by atoms with E-state index in [0.717, 1.165) is 11.7 Å². The van der Waals surface area contributed by atoms with Gasteiger partial charge in [-0.1, -0.05) is 0 Å². The van der Waals surface area contributed by atoms with Crippen LogP contribution in [0.2, 0.25) is 0 Å². The van der Waals surface area contributed by atoms with Gasteiger partial charge in [-0.2, -0.15) is 4.98 Å². The molecule has 2 heterocycles. The van der Waals surface area contributed by atoms with Crippen LogP contribution >= 0.6 is 0 Å². The van der Waals surface area contributed by atoms with Crippen LogP contribution < -0.4 is 5.73 Å². The summed E-state index contributed by atoms with van der Waals surface area (Å²) in [5.74, 6) is 0.214. The molecule has 2 rings (SSSR count). The second-order valence-electron chi connectivity index (χ2n) is 2.78. The minimum atomic E-state index is 0.214. The van der Waals surface area contributed by atoms with E-state index in [1.165, 1.54) is 0 Å². The van der Waals surface area contributed by atoms with E-state index >= 15 is 0 Å². The van der Waals surface area contributed by atoms with Gasteiger partial charge in [0.2, 0.25) is 5.95 Å². The summed E-state index contributed by atoms with van der Waals surface area (Å²) in [5, 5.41) is 0.728. The van der Waals surface area contributed by atoms with Crippen molar-refractivity contribution in [1.82, 2.24) is 14.5 Å². The third-order valence-electron chi connectivity index (χ3n) is 1.89. The molecule has 66 valence electrons. The maximum atomic E-state index is 10.6. The predicted molar refractivity (Wildman–Crippen MR) is 48.3 cm³/mol. The first-order chi connectivity index (χ1) is 6.22. The van der Waals surface area contributed by atoms with Gasteiger partial charge in [0.05, 0.1) is 0 Å². The number of aromatic nitrogens is 3. The smallest absolute Gasteiger partial charge is 0.221 e. The Morgan fingerprint density at radius 3 is 3.08 bits per heavy atom. The van der Waals surface area contributed by atoms with Gasteiger partial charge in [0.15, 0.2) is 6.29 Å². The molecule has 2 aromatic rings. The molecule has 0 aliphatic rings. The number of nitrogens with two attached hydrogens (primary N) is 1. The van der Waals surface area contributed by atoms with Crippen LogP contribution in [-0.4, -0.2) is 20.8 Å². The molecule has 0 aliphatic heterocycles. The molecule has 13 heavy (non-hydrogen) atoms. The van der Waals surface area contributed by atoms with Crippen LogP contribution in [0.1, 0.15) is 10.4 Å². The number of nitrogens with zero attached hydrogens (tertiary/aromatic N) is 3. The molecule has 0 saturated heterocycles. The Kier molecular flexibility index (Phi) is 1.51. The summed E-state index contributed by atoms with van der Waals surface area (Å²) >= 11 is 0. The molecule has 0 unspecified atom stereocenters. The molecule has 2 aromatic heterocycles. The highest BCUT2D eigenvalue weighted by atomic mass is 16.1. The number of hydrogen-bond donors (Lipinski definition) is 1. The average molecular weight is 176 g/mol. The van der Waals surface area contributed by atoms with Crippen molar-refractivity contribution >= 4 is 23.3 Å². The summed E-state index contributed by atoms with van der Waals surface area (Å²) in [5.41, 5.74) is 6.68. The van der Waals surface area contributed by atoms with Crippen molar-refractivity contribution in [1.29, 1.82) is 0 Å². The highest BCUT2D eigenvalue weighted by Gasteiger charge is 2.07. The summed E-state index contributed by atoms with van der Waals surface area (Å²) in [4.78, 5) is 18.5. The summed E-state index contributed by atoms with van der Waals surface area (Å²) in [7, 11) is 1.81. The molecule has 0 saturated carbocycles. The Morgan fingerprint density at radius 2 is 2.38 bits per heavy atom. The number of carbonyl (C=O) groups is 1. The number of hydrogen-bond acceptors (Lipinski definition) is 4. The highest BCUT2D eigenvalue weighted by Crippen LogP contribution is 2.16. The van der Waals surface area contributed by atoms with E-state index in [9.17, 15) is 4.79 Å². The Labute approximate surface area is 74.2 Å². The number of anilines is 1. The van der Waals surface area contributed by atoms with Gasteiger partial charge in [0.1, 0.15) is 5.65 Å². The highest BCUT2D eigenvalue weighted by molar-refractivity contribution is 5.95. The number of nitrogen functional groups attached to an aromatic ring is 1. The van der Waals surface area contributed by atoms with Crippen LogP contribution in [0, 0.1) is 0 Å². The molecule has 0 aliphatic carbocycles. The molecule has 0 spiro atoms. The standard InChI is InChI=1S/C8H8N4O/c1-12-3-5(4-13)6-2-10-8(9)11-7(6)12/h2-4H,1H3,(H2,9,10,11). The van der Waals surface area contributed by atoms with E-state index in [-0.39, 0.29) is 5.95 Å². The van der Waals surface area contributed by atoms with E-state index in [1.807, 2.05) is 7.05 Å². The summed E-state index contributed by atoms with van der Waals surface area (Å²) in [6.45, 7) is 0. The SMILES string of the molecule is Cn1cc(C=O)c2cnc(N)nc21. The fourth-order valence-corrected chi connectivity index (χ4v) is 1.29. The summed E-state index contributed by atoms with van der Waals surface area (Å²) in [6, 6.07) is 0. The van der Waals surface area contributed by atoms with Crippen LogP contribution in [-0.2, 0) is 7.05 Å². The third kappa shape index (κ3) is 1.05. The van der Waals surface area contributed by atoms with Gasteiger partial charge >= 0.3 is 0 Å². The monoisotopic (exact) mass is 176 g/mol. The maximum absolute atomic E-state index is 10.6. The Morgan fingerprint density at radius 1 is 1.62 bits per heavy atom. The molecule has 0 radical (unpaired) electrons. The van der Waals surface area contributed by atoms with Gasteiger partial charge in [0.25, 0.3) is 0 Å². The van der Waals surface area contributed by atoms with Crippen molar-refractivity contribution in [2.75, 3.05) is 5.73 Å². The molecule has 0 amide bonds. The molecule has 0 fully saturated rings. The van der Waals surface area contributed by atoms with Crippen molar-refractivity contribution in [3.05, 3.63) is 18.0 Å². The first-order valence-electron chi connectivity index (χ1n) is 3.75. The topological polar surface area (TPSA) is 73.8 Å². The molecule has 0 atom stereocenters. The summed E-state index contributed by atoms with van der Waals surface area (Å²) < 4.78 is 1.75. The second-order valence-corrected chi connectivity index (χ2v) is 2.78. The Bertz CT molecular complexity index is 474. The number of aldehydes is 1. The zero-order valence-corrected chi connectivity index (χ0v) is 7.06. The van der Waals surface area contributed by atoms with E-state index in [4.69, 9.17) is 5.73 Å². The quantitative estimate of drug-likeness (QED) is 0.637. The Hall–Kier alpha value is -1.91. The first kappa shape index (κ1) is 7.72. The lowest BCUT2D eigenvalue weighted by Crippen LogP contribution is -1.96. The number of rotatable bonds is 1. The maximum Gasteiger partial charge on any atom is 0.221 e. The van der Waals surface area contributed by atoms with Crippen LogP contribution in [0.15, 0.2) is 12.4 Å². The fourth-order valence-electron chi connectivity index (χ4n) is 1.29. The van der Waals surface area contributed by atoms with E-state index in [0.29, 0.717) is 11.2 Å². The normalized spacial score (nSPS) is 10.5. The third-order valence-corrected chi connectivity index (χ3v) is 1.89. The largest absolute Gasteiger partial charge is 0.368 e. The van der Waals surface area contributed by atoms with Gasteiger partial charge in [-0.25, -0.2) is 4.98 Å². The van der Waals surface area contributed by atoms with Crippen LogP contribution in [0.25, 0.3) is 11.0 Å². The van der Waals surface area contributed by atoms with Crippen molar-refractivity contribution in [3.8, 4) is 0 Å². The van der Waals surface area contributed by atoms with Gasteiger partial charge in [-0.3, -0.25) is 4.79 Å². The minimum Gasteiger partial charge on any atom is -0.368 e. The number of aryl methyl sites for hydroxylation is 1. The lowest BCUT2D eigenvalue weighted by Gasteiger charge is -1.94. The van der Waals surface area contributed by atoms with Gasteiger partial charge in [-0.15, -0.1) is 0 Å². The van der Waals surface area contributed by atoms with Gasteiger partial charge in [0, 0.05) is 30.4 Å². The van der Waals surface area contributed by atoms with Crippen LogP contribution in [0.3, 0.4) is 0 Å². The lowest BCUT2D eigenvalue weighted by atomic mass is 10.3. The van der Waals surface area contributed by atoms with Crippen LogP contribution in [0.4, 0.5) is 5.95 Å². The molecular weight excluding hydrogens is 168 g/mol. The van der Waals surface area contributed by atoms with Crippen molar-refractivity contribution in [2.24, 2.45) is 7.05 Å². The molecule has 0 bridgehead atoms. The van der Waals surface area contributed by atoms with Gasteiger partial charge < -0.3 is 10.3 Å². The number of carbonyl (C=O) groups excluding carboxylic acids is 1. The van der Waals surface area contributed by atoms with E-state index < -0.39 is 0 Å². The number of fused-ring (bicyclic) bond motifs is 1. The molecule has 2 N–H and O–H groups in total. The van der Waals surface area contributed by atoms with Crippen LogP contribution in [0.5, 0.6) is 0 Å². The molecule has 5 nitrogen and oxygen atoms in total. The Balaban J connectivity index is 2.88. The first-order valence-corrected chi connectivity index (χ1v) is 3.75. The molecule has 5 heteroatoms.